The van der Waals surface area contributed by atoms with E-state index in [-0.39, 0.29) is 6.61 Å². The Kier molecular flexibility index (Phi) is 5.20. The summed E-state index contributed by atoms with van der Waals surface area (Å²) in [6.07, 6.45) is 1.26. The molecule has 0 aliphatic heterocycles. The van der Waals surface area contributed by atoms with Gasteiger partial charge in [-0.1, -0.05) is 26.0 Å². The second kappa shape index (κ2) is 6.19. The minimum absolute atomic E-state index is 0.137. The lowest BCUT2D eigenvalue weighted by molar-refractivity contribution is 0.281. The van der Waals surface area contributed by atoms with E-state index in [2.05, 4.69) is 32.9 Å². The molecule has 0 aliphatic rings. The van der Waals surface area contributed by atoms with Crippen LogP contribution in [0.2, 0.25) is 0 Å². The van der Waals surface area contributed by atoms with Crippen LogP contribution in [0.4, 0.5) is 0 Å². The van der Waals surface area contributed by atoms with Crippen molar-refractivity contribution in [3.05, 3.63) is 29.3 Å². The molecule has 0 bridgehead atoms. The van der Waals surface area contributed by atoms with Gasteiger partial charge < -0.3 is 5.11 Å². The highest BCUT2D eigenvalue weighted by atomic mass is 32.2. The summed E-state index contributed by atoms with van der Waals surface area (Å²) in [6, 6.07) is 6.19. The number of thioether (sulfide) groups is 1. The van der Waals surface area contributed by atoms with Crippen LogP contribution >= 0.6 is 11.8 Å². The Hall–Kier alpha value is -0.470. The normalized spacial score (nSPS) is 11.0. The van der Waals surface area contributed by atoms with E-state index in [1.807, 2.05) is 17.8 Å². The average molecular weight is 224 g/mol. The highest BCUT2D eigenvalue weighted by Gasteiger charge is 2.01. The zero-order chi connectivity index (χ0) is 11.3. The molecule has 84 valence electrons. The molecule has 0 spiro atoms. The van der Waals surface area contributed by atoms with E-state index in [0.29, 0.717) is 0 Å². The van der Waals surface area contributed by atoms with E-state index >= 15 is 0 Å². The minimum atomic E-state index is 0.137. The smallest absolute Gasteiger partial charge is 0.0681 e. The predicted octanol–water partition coefficient (Wildman–Crippen LogP) is 3.63. The molecule has 1 N–H and O–H groups in total. The Morgan fingerprint density at radius 1 is 1.33 bits per heavy atom. The van der Waals surface area contributed by atoms with Crippen molar-refractivity contribution < 1.29 is 5.11 Å². The number of aliphatic hydroxyl groups is 1. The molecule has 0 aliphatic carbocycles. The van der Waals surface area contributed by atoms with Crippen molar-refractivity contribution in [2.75, 3.05) is 5.75 Å². The Bertz CT molecular complexity index is 307. The topological polar surface area (TPSA) is 20.2 Å². The van der Waals surface area contributed by atoms with Crippen molar-refractivity contribution in [2.24, 2.45) is 5.92 Å². The van der Waals surface area contributed by atoms with E-state index in [9.17, 15) is 0 Å². The molecular weight excluding hydrogens is 204 g/mol. The van der Waals surface area contributed by atoms with Crippen molar-refractivity contribution in [3.63, 3.8) is 0 Å². The fourth-order valence-corrected chi connectivity index (χ4v) is 2.64. The van der Waals surface area contributed by atoms with E-state index in [0.717, 1.165) is 11.5 Å². The van der Waals surface area contributed by atoms with Gasteiger partial charge in [-0.05, 0) is 42.2 Å². The van der Waals surface area contributed by atoms with Crippen LogP contribution in [0.3, 0.4) is 0 Å². The lowest BCUT2D eigenvalue weighted by atomic mass is 10.1. The van der Waals surface area contributed by atoms with Crippen molar-refractivity contribution in [1.82, 2.24) is 0 Å². The molecule has 1 nitrogen and oxygen atoms in total. The Morgan fingerprint density at radius 2 is 2.07 bits per heavy atom. The quantitative estimate of drug-likeness (QED) is 0.771. The Labute approximate surface area is 96.9 Å². The van der Waals surface area contributed by atoms with Gasteiger partial charge in [0.15, 0.2) is 0 Å². The number of benzene rings is 1. The van der Waals surface area contributed by atoms with Gasteiger partial charge in [-0.25, -0.2) is 0 Å². The van der Waals surface area contributed by atoms with E-state index < -0.39 is 0 Å². The summed E-state index contributed by atoms with van der Waals surface area (Å²) >= 11 is 1.91. The average Bonchev–Trinajstić information content (AvgIpc) is 2.20. The van der Waals surface area contributed by atoms with Gasteiger partial charge in [0.2, 0.25) is 0 Å². The van der Waals surface area contributed by atoms with Crippen LogP contribution < -0.4 is 0 Å². The van der Waals surface area contributed by atoms with Crippen molar-refractivity contribution in [3.8, 4) is 0 Å². The van der Waals surface area contributed by atoms with E-state index in [1.54, 1.807) is 0 Å². The van der Waals surface area contributed by atoms with Crippen LogP contribution in [0.15, 0.2) is 23.1 Å². The Balaban J connectivity index is 2.54. The zero-order valence-corrected chi connectivity index (χ0v) is 10.6. The van der Waals surface area contributed by atoms with Crippen LogP contribution in [-0.2, 0) is 6.61 Å². The molecule has 0 aromatic heterocycles. The van der Waals surface area contributed by atoms with Crippen LogP contribution in [0, 0.1) is 12.8 Å². The number of aliphatic hydroxyl groups excluding tert-OH is 1. The third kappa shape index (κ3) is 4.27. The number of hydrogen-bond donors (Lipinski definition) is 1. The molecule has 2 heteroatoms. The maximum absolute atomic E-state index is 8.99. The van der Waals surface area contributed by atoms with Gasteiger partial charge in [-0.2, -0.15) is 0 Å². The fraction of sp³-hybridized carbons (Fsp3) is 0.538. The second-order valence-electron chi connectivity index (χ2n) is 4.29. The molecule has 0 saturated carbocycles. The molecule has 0 radical (unpaired) electrons. The lowest BCUT2D eigenvalue weighted by Crippen LogP contribution is -1.91. The number of hydrogen-bond acceptors (Lipinski definition) is 2. The summed E-state index contributed by atoms with van der Waals surface area (Å²) in [4.78, 5) is 1.34. The minimum Gasteiger partial charge on any atom is -0.392 e. The maximum Gasteiger partial charge on any atom is 0.0681 e. The molecule has 0 atom stereocenters. The first-order chi connectivity index (χ1) is 7.13. The standard InChI is InChI=1S/C13H20OS/c1-10(2)6-7-15-13-5-4-12(9-14)8-11(13)3/h4-5,8,10,14H,6-7,9H2,1-3H3. The first kappa shape index (κ1) is 12.6. The lowest BCUT2D eigenvalue weighted by Gasteiger charge is -2.08. The zero-order valence-electron chi connectivity index (χ0n) is 9.79. The molecule has 0 unspecified atom stereocenters. The molecular formula is C13H20OS. The molecule has 1 rings (SSSR count). The fourth-order valence-electron chi connectivity index (χ4n) is 1.38. The summed E-state index contributed by atoms with van der Waals surface area (Å²) in [5.41, 5.74) is 2.27. The Morgan fingerprint density at radius 3 is 2.60 bits per heavy atom. The van der Waals surface area contributed by atoms with Gasteiger partial charge in [-0.15, -0.1) is 11.8 Å². The van der Waals surface area contributed by atoms with Crippen molar-refractivity contribution >= 4 is 11.8 Å². The summed E-state index contributed by atoms with van der Waals surface area (Å²) in [5, 5.41) is 8.99. The van der Waals surface area contributed by atoms with Gasteiger partial charge in [0, 0.05) is 4.90 Å². The van der Waals surface area contributed by atoms with Gasteiger partial charge in [-0.3, -0.25) is 0 Å². The molecule has 15 heavy (non-hydrogen) atoms. The molecule has 0 heterocycles. The van der Waals surface area contributed by atoms with E-state index in [4.69, 9.17) is 5.11 Å². The highest BCUT2D eigenvalue weighted by molar-refractivity contribution is 7.99. The summed E-state index contributed by atoms with van der Waals surface area (Å²) in [6.45, 7) is 6.75. The monoisotopic (exact) mass is 224 g/mol. The first-order valence-electron chi connectivity index (χ1n) is 5.46. The van der Waals surface area contributed by atoms with Crippen molar-refractivity contribution in [1.29, 1.82) is 0 Å². The van der Waals surface area contributed by atoms with Crippen molar-refractivity contribution in [2.45, 2.75) is 38.7 Å². The summed E-state index contributed by atoms with van der Waals surface area (Å²) in [7, 11) is 0. The molecule has 1 aromatic carbocycles. The summed E-state index contributed by atoms with van der Waals surface area (Å²) in [5.74, 6) is 1.95. The summed E-state index contributed by atoms with van der Waals surface area (Å²) < 4.78 is 0. The van der Waals surface area contributed by atoms with Gasteiger partial charge >= 0.3 is 0 Å². The SMILES string of the molecule is Cc1cc(CO)ccc1SCCC(C)C. The van der Waals surface area contributed by atoms with Crippen LogP contribution in [0.1, 0.15) is 31.4 Å². The highest BCUT2D eigenvalue weighted by Crippen LogP contribution is 2.24. The number of aryl methyl sites for hydroxylation is 1. The van der Waals surface area contributed by atoms with E-state index in [1.165, 1.54) is 22.6 Å². The molecule has 0 saturated heterocycles. The van der Waals surface area contributed by atoms with Gasteiger partial charge in [0.1, 0.15) is 0 Å². The first-order valence-corrected chi connectivity index (χ1v) is 6.45. The molecule has 0 fully saturated rings. The molecule has 1 aromatic rings. The van der Waals surface area contributed by atoms with Gasteiger partial charge in [0.05, 0.1) is 6.61 Å². The third-order valence-electron chi connectivity index (χ3n) is 2.37. The van der Waals surface area contributed by atoms with Gasteiger partial charge in [0.25, 0.3) is 0 Å². The third-order valence-corrected chi connectivity index (χ3v) is 3.58. The predicted molar refractivity (Wildman–Crippen MR) is 67.3 cm³/mol. The van der Waals surface area contributed by atoms with Crippen LogP contribution in [-0.4, -0.2) is 10.9 Å². The molecule has 0 amide bonds. The number of rotatable bonds is 5. The largest absolute Gasteiger partial charge is 0.392 e. The maximum atomic E-state index is 8.99. The van der Waals surface area contributed by atoms with Crippen LogP contribution in [0.25, 0.3) is 0 Å². The second-order valence-corrected chi connectivity index (χ2v) is 5.43. The van der Waals surface area contributed by atoms with Crippen LogP contribution in [0.5, 0.6) is 0 Å².